The van der Waals surface area contributed by atoms with Gasteiger partial charge in [0.1, 0.15) is 5.75 Å². The van der Waals surface area contributed by atoms with E-state index in [1.165, 1.54) is 0 Å². The van der Waals surface area contributed by atoms with Gasteiger partial charge in [0, 0.05) is 32.6 Å². The highest BCUT2D eigenvalue weighted by Crippen LogP contribution is 2.24. The minimum atomic E-state index is 0.253. The summed E-state index contributed by atoms with van der Waals surface area (Å²) >= 11 is 6.07. The highest BCUT2D eigenvalue weighted by Gasteiger charge is 2.16. The number of hydrogen-bond donors (Lipinski definition) is 1. The molecule has 0 spiro atoms. The van der Waals surface area contributed by atoms with Crippen molar-refractivity contribution in [3.8, 4) is 5.75 Å². The summed E-state index contributed by atoms with van der Waals surface area (Å²) in [4.78, 5) is 13.8. The number of ether oxygens (including phenoxy) is 1. The number of nitrogens with one attached hydrogen (secondary N) is 1. The lowest BCUT2D eigenvalue weighted by molar-refractivity contribution is -0.130. The first kappa shape index (κ1) is 15.1. The summed E-state index contributed by atoms with van der Waals surface area (Å²) in [5.74, 6) is 0.933. The van der Waals surface area contributed by atoms with E-state index in [-0.39, 0.29) is 5.91 Å². The zero-order valence-corrected chi connectivity index (χ0v) is 12.6. The standard InChI is InChI=1S/C15H21ClN2O2/c1-20-14-5-4-12(10-13(14)16)11-17-7-6-15(19)18-8-2-3-9-18/h4-5,10,17H,2-3,6-9,11H2,1H3. The highest BCUT2D eigenvalue weighted by atomic mass is 35.5. The van der Waals surface area contributed by atoms with Crippen LogP contribution >= 0.6 is 11.6 Å². The first-order chi connectivity index (χ1) is 9.70. The number of halogens is 1. The lowest BCUT2D eigenvalue weighted by atomic mass is 10.2. The predicted molar refractivity (Wildman–Crippen MR) is 80.1 cm³/mol. The van der Waals surface area contributed by atoms with E-state index in [0.717, 1.165) is 31.5 Å². The Morgan fingerprint density at radius 2 is 2.15 bits per heavy atom. The van der Waals surface area contributed by atoms with E-state index >= 15 is 0 Å². The summed E-state index contributed by atoms with van der Waals surface area (Å²) in [5, 5.41) is 3.88. The number of nitrogens with zero attached hydrogens (tertiary/aromatic N) is 1. The van der Waals surface area contributed by atoms with Crippen LogP contribution in [-0.2, 0) is 11.3 Å². The monoisotopic (exact) mass is 296 g/mol. The average molecular weight is 297 g/mol. The smallest absolute Gasteiger partial charge is 0.223 e. The molecule has 0 bridgehead atoms. The molecule has 5 heteroatoms. The Morgan fingerprint density at radius 3 is 2.80 bits per heavy atom. The Kier molecular flexibility index (Phi) is 5.68. The van der Waals surface area contributed by atoms with Gasteiger partial charge in [-0.1, -0.05) is 17.7 Å². The van der Waals surface area contributed by atoms with E-state index in [0.29, 0.717) is 30.3 Å². The van der Waals surface area contributed by atoms with Gasteiger partial charge < -0.3 is 15.0 Å². The Bertz CT molecular complexity index is 459. The number of rotatable bonds is 6. The summed E-state index contributed by atoms with van der Waals surface area (Å²) in [5.41, 5.74) is 1.09. The van der Waals surface area contributed by atoms with E-state index in [9.17, 15) is 4.79 Å². The molecule has 1 saturated heterocycles. The Balaban J connectivity index is 1.70. The lowest BCUT2D eigenvalue weighted by Gasteiger charge is -2.15. The van der Waals surface area contributed by atoms with Crippen LogP contribution in [0.5, 0.6) is 5.75 Å². The number of likely N-dealkylation sites (tertiary alicyclic amines) is 1. The molecule has 1 fully saturated rings. The molecule has 1 amide bonds. The summed E-state index contributed by atoms with van der Waals surface area (Å²) in [6, 6.07) is 5.71. The van der Waals surface area contributed by atoms with Crippen LogP contribution in [0.3, 0.4) is 0 Å². The van der Waals surface area contributed by atoms with E-state index in [2.05, 4.69) is 5.32 Å². The molecular formula is C15H21ClN2O2. The second kappa shape index (κ2) is 7.50. The molecule has 1 aromatic rings. The molecule has 20 heavy (non-hydrogen) atoms. The van der Waals surface area contributed by atoms with E-state index < -0.39 is 0 Å². The first-order valence-corrected chi connectivity index (χ1v) is 7.39. The second-order valence-electron chi connectivity index (χ2n) is 4.98. The molecule has 0 radical (unpaired) electrons. The van der Waals surface area contributed by atoms with Gasteiger partial charge in [-0.15, -0.1) is 0 Å². The highest BCUT2D eigenvalue weighted by molar-refractivity contribution is 6.32. The Labute approximate surface area is 125 Å². The van der Waals surface area contributed by atoms with Crippen molar-refractivity contribution in [2.75, 3.05) is 26.7 Å². The normalized spacial score (nSPS) is 14.6. The van der Waals surface area contributed by atoms with Gasteiger partial charge in [-0.3, -0.25) is 4.79 Å². The van der Waals surface area contributed by atoms with Crippen molar-refractivity contribution in [3.05, 3.63) is 28.8 Å². The number of hydrogen-bond acceptors (Lipinski definition) is 3. The summed E-state index contributed by atoms with van der Waals surface area (Å²) < 4.78 is 5.11. The molecule has 2 rings (SSSR count). The van der Waals surface area contributed by atoms with Crippen molar-refractivity contribution in [3.63, 3.8) is 0 Å². The molecule has 1 heterocycles. The van der Waals surface area contributed by atoms with E-state index in [1.807, 2.05) is 23.1 Å². The van der Waals surface area contributed by atoms with Crippen molar-refractivity contribution in [1.82, 2.24) is 10.2 Å². The van der Waals surface area contributed by atoms with Crippen LogP contribution in [0.1, 0.15) is 24.8 Å². The third-order valence-corrected chi connectivity index (χ3v) is 3.82. The maximum atomic E-state index is 11.8. The molecule has 0 saturated carbocycles. The number of benzene rings is 1. The van der Waals surface area contributed by atoms with Gasteiger partial charge in [-0.25, -0.2) is 0 Å². The summed E-state index contributed by atoms with van der Waals surface area (Å²) in [6.45, 7) is 3.25. The van der Waals surface area contributed by atoms with Crippen LogP contribution in [0, 0.1) is 0 Å². The fraction of sp³-hybridized carbons (Fsp3) is 0.533. The zero-order chi connectivity index (χ0) is 14.4. The molecule has 1 aromatic carbocycles. The van der Waals surface area contributed by atoms with Gasteiger partial charge >= 0.3 is 0 Å². The Hall–Kier alpha value is -1.26. The fourth-order valence-electron chi connectivity index (χ4n) is 2.37. The van der Waals surface area contributed by atoms with Crippen molar-refractivity contribution < 1.29 is 9.53 Å². The zero-order valence-electron chi connectivity index (χ0n) is 11.8. The van der Waals surface area contributed by atoms with Gasteiger partial charge in [0.25, 0.3) is 0 Å². The minimum Gasteiger partial charge on any atom is -0.495 e. The quantitative estimate of drug-likeness (QED) is 0.820. The lowest BCUT2D eigenvalue weighted by Crippen LogP contribution is -2.30. The van der Waals surface area contributed by atoms with Gasteiger partial charge in [-0.2, -0.15) is 0 Å². The van der Waals surface area contributed by atoms with Crippen LogP contribution in [0.15, 0.2) is 18.2 Å². The van der Waals surface area contributed by atoms with Crippen LogP contribution in [0.25, 0.3) is 0 Å². The number of amides is 1. The van der Waals surface area contributed by atoms with Gasteiger partial charge in [0.2, 0.25) is 5.91 Å². The third-order valence-electron chi connectivity index (χ3n) is 3.52. The number of carbonyl (C=O) groups is 1. The van der Waals surface area contributed by atoms with Crippen LogP contribution < -0.4 is 10.1 Å². The second-order valence-corrected chi connectivity index (χ2v) is 5.39. The van der Waals surface area contributed by atoms with Crippen molar-refractivity contribution in [1.29, 1.82) is 0 Å². The SMILES string of the molecule is COc1ccc(CNCCC(=O)N2CCCC2)cc1Cl. The van der Waals surface area contributed by atoms with Crippen LogP contribution in [0.4, 0.5) is 0 Å². The first-order valence-electron chi connectivity index (χ1n) is 7.01. The average Bonchev–Trinajstić information content (AvgIpc) is 2.98. The molecule has 1 aliphatic rings. The molecule has 110 valence electrons. The van der Waals surface area contributed by atoms with Crippen LogP contribution in [-0.4, -0.2) is 37.6 Å². The number of carbonyl (C=O) groups excluding carboxylic acids is 1. The summed E-state index contributed by atoms with van der Waals surface area (Å²) in [6.07, 6.45) is 2.84. The fourth-order valence-corrected chi connectivity index (χ4v) is 2.65. The molecule has 0 atom stereocenters. The minimum absolute atomic E-state index is 0.253. The van der Waals surface area contributed by atoms with Gasteiger partial charge in [-0.05, 0) is 30.5 Å². The van der Waals surface area contributed by atoms with E-state index in [1.54, 1.807) is 7.11 Å². The van der Waals surface area contributed by atoms with Crippen LogP contribution in [0.2, 0.25) is 5.02 Å². The molecule has 0 unspecified atom stereocenters. The third kappa shape index (κ3) is 4.12. The maximum absolute atomic E-state index is 11.8. The summed E-state index contributed by atoms with van der Waals surface area (Å²) in [7, 11) is 1.60. The van der Waals surface area contributed by atoms with Gasteiger partial charge in [0.15, 0.2) is 0 Å². The predicted octanol–water partition coefficient (Wildman–Crippen LogP) is 2.45. The van der Waals surface area contributed by atoms with Crippen molar-refractivity contribution in [2.24, 2.45) is 0 Å². The Morgan fingerprint density at radius 1 is 1.40 bits per heavy atom. The number of methoxy groups -OCH3 is 1. The molecular weight excluding hydrogens is 276 g/mol. The molecule has 1 aliphatic heterocycles. The maximum Gasteiger partial charge on any atom is 0.223 e. The largest absolute Gasteiger partial charge is 0.495 e. The van der Waals surface area contributed by atoms with Crippen molar-refractivity contribution in [2.45, 2.75) is 25.8 Å². The molecule has 0 aliphatic carbocycles. The molecule has 0 aromatic heterocycles. The van der Waals surface area contributed by atoms with E-state index in [4.69, 9.17) is 16.3 Å². The van der Waals surface area contributed by atoms with Gasteiger partial charge in [0.05, 0.1) is 12.1 Å². The topological polar surface area (TPSA) is 41.6 Å². The molecule has 4 nitrogen and oxygen atoms in total. The van der Waals surface area contributed by atoms with Crippen molar-refractivity contribution >= 4 is 17.5 Å². The molecule has 1 N–H and O–H groups in total.